The molecule has 0 amide bonds. The summed E-state index contributed by atoms with van der Waals surface area (Å²) in [6.45, 7) is -1.66. The van der Waals surface area contributed by atoms with Gasteiger partial charge in [0.2, 0.25) is 10.0 Å². The Hall–Kier alpha value is -0.860. The summed E-state index contributed by atoms with van der Waals surface area (Å²) in [7, 11) is -4.26. The first kappa shape index (κ1) is 17.2. The van der Waals surface area contributed by atoms with Crippen LogP contribution in [-0.2, 0) is 16.4 Å². The Morgan fingerprint density at radius 1 is 1.20 bits per heavy atom. The highest BCUT2D eigenvalue weighted by Gasteiger charge is 2.41. The molecule has 20 heavy (non-hydrogen) atoms. The molecule has 0 aliphatic rings. The van der Waals surface area contributed by atoms with Crippen LogP contribution in [0.25, 0.3) is 0 Å². The molecule has 0 aliphatic heterocycles. The second-order valence-corrected chi connectivity index (χ2v) is 6.11. The van der Waals surface area contributed by atoms with Crippen molar-refractivity contribution in [3.05, 3.63) is 29.8 Å². The Bertz CT molecular complexity index is 534. The number of alkyl halides is 5. The molecule has 0 bridgehead atoms. The van der Waals surface area contributed by atoms with Crippen molar-refractivity contribution in [2.75, 3.05) is 12.4 Å². The maximum atomic E-state index is 12.7. The molecule has 0 heterocycles. The maximum Gasteiger partial charge on any atom is 0.320 e. The molecule has 114 valence electrons. The molecule has 0 fully saturated rings. The second-order valence-electron chi connectivity index (χ2n) is 3.97. The van der Waals surface area contributed by atoms with Crippen LogP contribution in [0, 0.1) is 0 Å². The van der Waals surface area contributed by atoms with Crippen molar-refractivity contribution >= 4 is 21.6 Å². The third-order valence-electron chi connectivity index (χ3n) is 2.43. The lowest BCUT2D eigenvalue weighted by molar-refractivity contribution is -0.122. The van der Waals surface area contributed by atoms with Crippen molar-refractivity contribution in [1.82, 2.24) is 4.72 Å². The Morgan fingerprint density at radius 3 is 2.20 bits per heavy atom. The van der Waals surface area contributed by atoms with Gasteiger partial charge in [0.15, 0.2) is 0 Å². The summed E-state index contributed by atoms with van der Waals surface area (Å²) >= 11 is 5.51. The first-order valence-electron chi connectivity index (χ1n) is 5.49. The van der Waals surface area contributed by atoms with E-state index >= 15 is 0 Å². The van der Waals surface area contributed by atoms with Crippen LogP contribution < -0.4 is 4.72 Å². The van der Waals surface area contributed by atoms with Gasteiger partial charge in [-0.15, -0.1) is 11.6 Å². The highest BCUT2D eigenvalue weighted by atomic mass is 35.5. The van der Waals surface area contributed by atoms with Crippen LogP contribution in [0.15, 0.2) is 29.2 Å². The van der Waals surface area contributed by atoms with Gasteiger partial charge < -0.3 is 0 Å². The molecule has 0 spiro atoms. The molecule has 0 saturated carbocycles. The molecule has 1 rings (SSSR count). The topological polar surface area (TPSA) is 46.2 Å². The minimum absolute atomic E-state index is 0.277. The number of sulfonamides is 1. The van der Waals surface area contributed by atoms with Gasteiger partial charge in [-0.2, -0.15) is 8.78 Å². The monoisotopic (exact) mass is 333 g/mol. The lowest BCUT2D eigenvalue weighted by Gasteiger charge is -2.16. The summed E-state index contributed by atoms with van der Waals surface area (Å²) in [6.07, 6.45) is -3.41. The third-order valence-corrected chi connectivity index (χ3v) is 4.04. The molecule has 9 heteroatoms. The molecule has 3 nitrogen and oxygen atoms in total. The molecule has 0 saturated heterocycles. The van der Waals surface area contributed by atoms with Crippen LogP contribution >= 0.6 is 11.6 Å². The van der Waals surface area contributed by atoms with E-state index in [-0.39, 0.29) is 4.90 Å². The van der Waals surface area contributed by atoms with Crippen molar-refractivity contribution in [1.29, 1.82) is 0 Å². The summed E-state index contributed by atoms with van der Waals surface area (Å²) in [5, 5.41) is 0. The van der Waals surface area contributed by atoms with Crippen LogP contribution in [0.3, 0.4) is 0 Å². The van der Waals surface area contributed by atoms with Crippen molar-refractivity contribution in [2.45, 2.75) is 23.7 Å². The Labute approximate surface area is 119 Å². The quantitative estimate of drug-likeness (QED) is 0.616. The predicted molar refractivity (Wildman–Crippen MR) is 67.0 cm³/mol. The summed E-state index contributed by atoms with van der Waals surface area (Å²) in [4.78, 5) is -0.277. The van der Waals surface area contributed by atoms with Gasteiger partial charge in [0, 0.05) is 5.88 Å². The zero-order valence-corrected chi connectivity index (χ0v) is 11.7. The van der Waals surface area contributed by atoms with Crippen molar-refractivity contribution in [2.24, 2.45) is 0 Å². The Morgan fingerprint density at radius 2 is 1.75 bits per heavy atom. The van der Waals surface area contributed by atoms with E-state index in [0.29, 0.717) is 12.3 Å². The molecule has 1 aromatic carbocycles. The Balaban J connectivity index is 2.79. The molecule has 0 radical (unpaired) electrons. The number of nitrogens with one attached hydrogen (secondary N) is 1. The summed E-state index contributed by atoms with van der Waals surface area (Å²) in [6, 6.07) is 5.35. The van der Waals surface area contributed by atoms with Gasteiger partial charge in [-0.05, 0) is 24.1 Å². The van der Waals surface area contributed by atoms with E-state index in [0.717, 1.165) is 5.56 Å². The van der Waals surface area contributed by atoms with Gasteiger partial charge in [0.1, 0.15) is 0 Å². The second kappa shape index (κ2) is 6.73. The molecule has 1 aromatic rings. The molecule has 0 unspecified atom stereocenters. The number of hydrogen-bond acceptors (Lipinski definition) is 2. The fourth-order valence-corrected chi connectivity index (χ4v) is 2.56. The molecule has 0 atom stereocenters. The van der Waals surface area contributed by atoms with Gasteiger partial charge in [-0.3, -0.25) is 0 Å². The van der Waals surface area contributed by atoms with Crippen molar-refractivity contribution in [3.8, 4) is 0 Å². The number of aryl methyl sites for hydroxylation is 1. The van der Waals surface area contributed by atoms with Gasteiger partial charge in [0.05, 0.1) is 11.4 Å². The normalized spacial score (nSPS) is 12.9. The number of rotatable bonds is 7. The van der Waals surface area contributed by atoms with E-state index < -0.39 is 28.9 Å². The van der Waals surface area contributed by atoms with Crippen LogP contribution in [0.4, 0.5) is 17.6 Å². The number of benzene rings is 1. The van der Waals surface area contributed by atoms with Gasteiger partial charge >= 0.3 is 12.3 Å². The van der Waals surface area contributed by atoms with Crippen molar-refractivity contribution < 1.29 is 26.0 Å². The molecular formula is C11H12ClF4NO2S. The largest absolute Gasteiger partial charge is 0.320 e. The summed E-state index contributed by atoms with van der Waals surface area (Å²) in [5.41, 5.74) is 0.775. The first-order chi connectivity index (χ1) is 9.19. The minimum Gasteiger partial charge on any atom is -0.207 e. The molecule has 1 N–H and O–H groups in total. The van der Waals surface area contributed by atoms with E-state index in [1.807, 2.05) is 0 Å². The third kappa shape index (κ3) is 4.60. The fourth-order valence-electron chi connectivity index (χ4n) is 1.30. The zero-order valence-electron chi connectivity index (χ0n) is 10.1. The van der Waals surface area contributed by atoms with Crippen LogP contribution in [-0.4, -0.2) is 33.2 Å². The van der Waals surface area contributed by atoms with Crippen LogP contribution in [0.1, 0.15) is 5.56 Å². The molecule has 0 aromatic heterocycles. The standard InChI is InChI=1S/C11H12ClF4NO2S/c12-6-5-8-1-3-9(4-2-8)20(18,19)17-7-11(15,16)10(13)14/h1-4,10,17H,5-7H2. The number of hydrogen-bond donors (Lipinski definition) is 1. The van der Waals surface area contributed by atoms with Crippen LogP contribution in [0.5, 0.6) is 0 Å². The fraction of sp³-hybridized carbons (Fsp3) is 0.455. The molecule has 0 aliphatic carbocycles. The lowest BCUT2D eigenvalue weighted by Crippen LogP contribution is -2.41. The lowest BCUT2D eigenvalue weighted by atomic mass is 10.2. The summed E-state index contributed by atoms with van der Waals surface area (Å²) < 4.78 is 74.0. The highest BCUT2D eigenvalue weighted by Crippen LogP contribution is 2.22. The first-order valence-corrected chi connectivity index (χ1v) is 7.51. The smallest absolute Gasteiger partial charge is 0.207 e. The molecular weight excluding hydrogens is 322 g/mol. The van der Waals surface area contributed by atoms with E-state index in [4.69, 9.17) is 11.6 Å². The maximum absolute atomic E-state index is 12.7. The van der Waals surface area contributed by atoms with E-state index in [9.17, 15) is 26.0 Å². The van der Waals surface area contributed by atoms with Crippen LogP contribution in [0.2, 0.25) is 0 Å². The SMILES string of the molecule is O=S(=O)(NCC(F)(F)C(F)F)c1ccc(CCCl)cc1. The predicted octanol–water partition coefficient (Wildman–Crippen LogP) is 2.65. The average Bonchev–Trinajstić information content (AvgIpc) is 2.38. The average molecular weight is 334 g/mol. The zero-order chi connectivity index (χ0) is 15.4. The van der Waals surface area contributed by atoms with Gasteiger partial charge in [-0.1, -0.05) is 12.1 Å². The van der Waals surface area contributed by atoms with Gasteiger partial charge in [0.25, 0.3) is 0 Å². The highest BCUT2D eigenvalue weighted by molar-refractivity contribution is 7.89. The number of halogens is 5. The van der Waals surface area contributed by atoms with E-state index in [2.05, 4.69) is 0 Å². The summed E-state index contributed by atoms with van der Waals surface area (Å²) in [5.74, 6) is -4.06. The minimum atomic E-state index is -4.41. The van der Waals surface area contributed by atoms with Crippen molar-refractivity contribution in [3.63, 3.8) is 0 Å². The van der Waals surface area contributed by atoms with E-state index in [1.165, 1.54) is 29.0 Å². The van der Waals surface area contributed by atoms with Gasteiger partial charge in [-0.25, -0.2) is 21.9 Å². The Kier molecular flexibility index (Phi) is 5.79. The van der Waals surface area contributed by atoms with E-state index in [1.54, 1.807) is 0 Å².